The predicted molar refractivity (Wildman–Crippen MR) is 213 cm³/mol. The summed E-state index contributed by atoms with van der Waals surface area (Å²) in [5, 5.41) is 26.8. The van der Waals surface area contributed by atoms with Crippen molar-refractivity contribution in [2.45, 2.75) is 122 Å². The first-order valence-corrected chi connectivity index (χ1v) is 20.9. The van der Waals surface area contributed by atoms with Gasteiger partial charge >= 0.3 is 11.9 Å². The molecule has 57 heavy (non-hydrogen) atoms. The number of hydrogen-bond donors (Lipinski definition) is 4. The second-order valence-electron chi connectivity index (χ2n) is 13.4. The van der Waals surface area contributed by atoms with Crippen molar-refractivity contribution in [2.24, 2.45) is 5.11 Å². The summed E-state index contributed by atoms with van der Waals surface area (Å²) < 4.78 is 37.8. The fourth-order valence-corrected chi connectivity index (χ4v) is 5.41. The van der Waals surface area contributed by atoms with E-state index in [1.807, 2.05) is 0 Å². The molecule has 4 N–H and O–H groups in total. The number of carboxylic acid groups (broad SMARTS) is 2. The minimum absolute atomic E-state index is 0.00878. The van der Waals surface area contributed by atoms with Crippen LogP contribution in [0.15, 0.2) is 5.11 Å². The Labute approximate surface area is 339 Å². The van der Waals surface area contributed by atoms with Gasteiger partial charge in [-0.15, -0.1) is 0 Å². The number of unbranched alkanes of at least 4 members (excludes halogenated alkanes) is 13. The molecule has 2 amide bonds. The van der Waals surface area contributed by atoms with Crippen LogP contribution in [0.3, 0.4) is 0 Å². The van der Waals surface area contributed by atoms with Crippen LogP contribution < -0.4 is 10.6 Å². The van der Waals surface area contributed by atoms with Gasteiger partial charge in [-0.05, 0) is 24.8 Å². The van der Waals surface area contributed by atoms with Crippen LogP contribution in [0.4, 0.5) is 0 Å². The summed E-state index contributed by atoms with van der Waals surface area (Å²) in [7, 11) is 0. The van der Waals surface area contributed by atoms with Crippen LogP contribution in [0, 0.1) is 0 Å². The fraction of sp³-hybridized carbons (Fsp3) is 0.897. The Morgan fingerprint density at radius 1 is 0.491 bits per heavy atom. The first kappa shape index (κ1) is 53.9. The van der Waals surface area contributed by atoms with Crippen molar-refractivity contribution in [3.8, 4) is 0 Å². The Bertz CT molecular complexity index is 1020. The molecule has 0 saturated carbocycles. The number of azide groups is 1. The standard InChI is InChI=1S/C39H73N5O13/c40-44-42-20-22-52-24-26-54-28-30-56-32-34-57-33-31-55-29-27-53-25-23-51-21-19-41-36(45)18-17-35(39(49)50)43-37(46)15-13-11-9-7-5-3-1-2-4-6-8-10-12-14-16-38(47)48/h35H,1-34H2,(H,41,45)(H,43,46)(H,47,48)(H,49,50)/t35-/m0/s1. The van der Waals surface area contributed by atoms with Crippen LogP contribution in [0.25, 0.3) is 10.4 Å². The minimum atomic E-state index is -1.16. The largest absolute Gasteiger partial charge is 0.481 e. The van der Waals surface area contributed by atoms with Gasteiger partial charge in [0.05, 0.1) is 92.5 Å². The first-order valence-electron chi connectivity index (χ1n) is 20.9. The molecular formula is C39H73N5O13. The van der Waals surface area contributed by atoms with Crippen molar-refractivity contribution in [3.05, 3.63) is 10.4 Å². The lowest BCUT2D eigenvalue weighted by Crippen LogP contribution is -2.41. The molecule has 0 aromatic carbocycles. The van der Waals surface area contributed by atoms with E-state index in [9.17, 15) is 24.3 Å². The molecule has 0 aliphatic heterocycles. The highest BCUT2D eigenvalue weighted by Crippen LogP contribution is 2.14. The van der Waals surface area contributed by atoms with E-state index in [-0.39, 0.29) is 50.6 Å². The molecule has 0 aliphatic carbocycles. The zero-order chi connectivity index (χ0) is 41.7. The van der Waals surface area contributed by atoms with Gasteiger partial charge in [0.25, 0.3) is 0 Å². The molecule has 0 radical (unpaired) electrons. The molecule has 332 valence electrons. The molecular weight excluding hydrogens is 746 g/mol. The highest BCUT2D eigenvalue weighted by molar-refractivity contribution is 5.84. The van der Waals surface area contributed by atoms with Crippen molar-refractivity contribution in [1.82, 2.24) is 10.6 Å². The summed E-state index contributed by atoms with van der Waals surface area (Å²) in [5.74, 6) is -2.48. The molecule has 0 spiro atoms. The predicted octanol–water partition coefficient (Wildman–Crippen LogP) is 5.20. The molecule has 0 rings (SSSR count). The van der Waals surface area contributed by atoms with Gasteiger partial charge in [-0.2, -0.15) is 0 Å². The van der Waals surface area contributed by atoms with Crippen LogP contribution in [0.2, 0.25) is 0 Å². The Morgan fingerprint density at radius 2 is 0.860 bits per heavy atom. The second kappa shape index (κ2) is 44.0. The third-order valence-electron chi connectivity index (χ3n) is 8.54. The molecule has 0 unspecified atom stereocenters. The Hall–Kier alpha value is -3.09. The molecule has 0 aromatic heterocycles. The van der Waals surface area contributed by atoms with E-state index in [2.05, 4.69) is 20.7 Å². The number of carbonyl (C=O) groups excluding carboxylic acids is 2. The van der Waals surface area contributed by atoms with Gasteiger partial charge in [0.1, 0.15) is 6.04 Å². The summed E-state index contributed by atoms with van der Waals surface area (Å²) in [5.41, 5.74) is 8.15. The average Bonchev–Trinajstić information content (AvgIpc) is 3.19. The maximum atomic E-state index is 12.3. The monoisotopic (exact) mass is 820 g/mol. The van der Waals surface area contributed by atoms with Crippen molar-refractivity contribution in [1.29, 1.82) is 0 Å². The molecule has 1 atom stereocenters. The van der Waals surface area contributed by atoms with Gasteiger partial charge in [-0.1, -0.05) is 82.2 Å². The summed E-state index contributed by atoms with van der Waals surface area (Å²) in [4.78, 5) is 49.3. The molecule has 0 aliphatic rings. The van der Waals surface area contributed by atoms with Crippen LogP contribution in [0.5, 0.6) is 0 Å². The number of rotatable bonds is 46. The topological polar surface area (TPSA) is 246 Å². The smallest absolute Gasteiger partial charge is 0.326 e. The van der Waals surface area contributed by atoms with Crippen LogP contribution in [-0.4, -0.2) is 146 Å². The summed E-state index contributed by atoms with van der Waals surface area (Å²) in [6, 6.07) is -1.11. The Morgan fingerprint density at radius 3 is 1.25 bits per heavy atom. The van der Waals surface area contributed by atoms with Gasteiger partial charge in [0.15, 0.2) is 0 Å². The third kappa shape index (κ3) is 43.9. The lowest BCUT2D eigenvalue weighted by Gasteiger charge is -2.14. The van der Waals surface area contributed by atoms with Gasteiger partial charge < -0.3 is 54.0 Å². The van der Waals surface area contributed by atoms with Crippen molar-refractivity contribution in [2.75, 3.05) is 106 Å². The van der Waals surface area contributed by atoms with E-state index >= 15 is 0 Å². The van der Waals surface area contributed by atoms with Gasteiger partial charge in [0.2, 0.25) is 11.8 Å². The molecule has 0 aromatic rings. The van der Waals surface area contributed by atoms with Crippen molar-refractivity contribution >= 4 is 23.8 Å². The number of carboxylic acids is 2. The van der Waals surface area contributed by atoms with E-state index < -0.39 is 18.0 Å². The summed E-state index contributed by atoms with van der Waals surface area (Å²) in [6.45, 7) is 6.39. The fourth-order valence-electron chi connectivity index (χ4n) is 5.41. The molecule has 0 heterocycles. The number of hydrogen-bond acceptors (Lipinski definition) is 12. The normalized spacial score (nSPS) is 11.6. The average molecular weight is 820 g/mol. The zero-order valence-electron chi connectivity index (χ0n) is 34.3. The lowest BCUT2D eigenvalue weighted by molar-refractivity contribution is -0.142. The number of amides is 2. The minimum Gasteiger partial charge on any atom is -0.481 e. The van der Waals surface area contributed by atoms with Crippen LogP contribution >= 0.6 is 0 Å². The van der Waals surface area contributed by atoms with E-state index in [4.69, 9.17) is 43.8 Å². The van der Waals surface area contributed by atoms with Crippen LogP contribution in [0.1, 0.15) is 116 Å². The first-order chi connectivity index (χ1) is 27.9. The number of nitrogens with zero attached hydrogens (tertiary/aromatic N) is 3. The SMILES string of the molecule is [N-]=[N+]=NCCOCCOCCOCCOCCOCCOCCOCCNC(=O)CC[C@H](NC(=O)CCCCCCCCCCCCCCCCC(=O)O)C(=O)O. The number of ether oxygens (including phenoxy) is 7. The highest BCUT2D eigenvalue weighted by atomic mass is 16.6. The molecule has 0 fully saturated rings. The quantitative estimate of drug-likeness (QED) is 0.0267. The maximum Gasteiger partial charge on any atom is 0.326 e. The van der Waals surface area contributed by atoms with E-state index in [0.29, 0.717) is 98.9 Å². The summed E-state index contributed by atoms with van der Waals surface area (Å²) >= 11 is 0. The number of aliphatic carboxylic acids is 2. The summed E-state index contributed by atoms with van der Waals surface area (Å²) in [6.07, 6.45) is 15.8. The van der Waals surface area contributed by atoms with Gasteiger partial charge in [-0.3, -0.25) is 14.4 Å². The lowest BCUT2D eigenvalue weighted by atomic mass is 10.0. The zero-order valence-corrected chi connectivity index (χ0v) is 34.3. The molecule has 0 saturated heterocycles. The second-order valence-corrected chi connectivity index (χ2v) is 13.4. The van der Waals surface area contributed by atoms with Gasteiger partial charge in [-0.25, -0.2) is 4.79 Å². The molecule has 18 nitrogen and oxygen atoms in total. The number of nitrogens with one attached hydrogen (secondary N) is 2. The van der Waals surface area contributed by atoms with E-state index in [1.54, 1.807) is 0 Å². The Balaban J connectivity index is 3.51. The third-order valence-corrected chi connectivity index (χ3v) is 8.54. The van der Waals surface area contributed by atoms with E-state index in [0.717, 1.165) is 38.5 Å². The number of carbonyl (C=O) groups is 4. The molecule has 0 bridgehead atoms. The Kier molecular flexibility index (Phi) is 41.6. The van der Waals surface area contributed by atoms with Crippen molar-refractivity contribution < 1.29 is 62.5 Å². The van der Waals surface area contributed by atoms with Gasteiger partial charge in [0, 0.05) is 37.3 Å². The maximum absolute atomic E-state index is 12.3. The molecule has 18 heteroatoms. The van der Waals surface area contributed by atoms with E-state index in [1.165, 1.54) is 44.9 Å². The van der Waals surface area contributed by atoms with Crippen LogP contribution in [-0.2, 0) is 52.3 Å². The van der Waals surface area contributed by atoms with Crippen molar-refractivity contribution in [3.63, 3.8) is 0 Å². The highest BCUT2D eigenvalue weighted by Gasteiger charge is 2.20.